The molecule has 0 amide bonds. The highest BCUT2D eigenvalue weighted by Gasteiger charge is 2.06. The van der Waals surface area contributed by atoms with E-state index in [9.17, 15) is 5.21 Å². The number of aryl methyl sites for hydroxylation is 1. The highest BCUT2D eigenvalue weighted by atomic mass is 32.2. The standard InChI is InChI=1S/C18H26N6O2S/c1-2-14-3-5-15(6-4-14)13-23(20)22-18(19)16-7-9-17(10-8-16)24(26)27-21-11-12-25/h3-10,21,25-26H,2,11-13,20H2,1H3,(H2,19,22). The Hall–Kier alpha value is -2.30. The van der Waals surface area contributed by atoms with E-state index in [-0.39, 0.29) is 12.4 Å². The zero-order valence-electron chi connectivity index (χ0n) is 15.2. The molecule has 0 saturated carbocycles. The van der Waals surface area contributed by atoms with Gasteiger partial charge < -0.3 is 10.8 Å². The summed E-state index contributed by atoms with van der Waals surface area (Å²) >= 11 is 0.972. The van der Waals surface area contributed by atoms with E-state index in [4.69, 9.17) is 16.7 Å². The summed E-state index contributed by atoms with van der Waals surface area (Å²) in [4.78, 5) is 0. The first kappa shape index (κ1) is 21.0. The van der Waals surface area contributed by atoms with Crippen molar-refractivity contribution in [2.24, 2.45) is 16.7 Å². The smallest absolute Gasteiger partial charge is 0.152 e. The maximum atomic E-state index is 9.89. The van der Waals surface area contributed by atoms with Gasteiger partial charge >= 0.3 is 0 Å². The molecule has 0 atom stereocenters. The van der Waals surface area contributed by atoms with E-state index in [0.29, 0.717) is 24.3 Å². The van der Waals surface area contributed by atoms with Crippen LogP contribution < -0.4 is 20.8 Å². The first-order chi connectivity index (χ1) is 13.0. The first-order valence-electron chi connectivity index (χ1n) is 8.57. The van der Waals surface area contributed by atoms with Gasteiger partial charge in [0.2, 0.25) is 0 Å². The molecule has 0 aliphatic carbocycles. The minimum atomic E-state index is -0.00882. The summed E-state index contributed by atoms with van der Waals surface area (Å²) in [5.74, 6) is 6.23. The Morgan fingerprint density at radius 1 is 1.11 bits per heavy atom. The van der Waals surface area contributed by atoms with E-state index < -0.39 is 0 Å². The number of benzene rings is 2. The SMILES string of the molecule is CCc1ccc(CN(N)/N=C(\N)c2ccc(N(O)SNCCO)cc2)cc1. The lowest BCUT2D eigenvalue weighted by molar-refractivity contribution is 0.290. The lowest BCUT2D eigenvalue weighted by Gasteiger charge is -2.16. The van der Waals surface area contributed by atoms with Crippen molar-refractivity contribution in [3.63, 3.8) is 0 Å². The van der Waals surface area contributed by atoms with E-state index >= 15 is 0 Å². The fourth-order valence-electron chi connectivity index (χ4n) is 2.26. The summed E-state index contributed by atoms with van der Waals surface area (Å²) in [6, 6.07) is 15.1. The normalized spacial score (nSPS) is 11.5. The molecule has 146 valence electrons. The van der Waals surface area contributed by atoms with Crippen LogP contribution in [-0.4, -0.2) is 34.4 Å². The third-order valence-corrected chi connectivity index (χ3v) is 4.48. The third kappa shape index (κ3) is 6.74. The Morgan fingerprint density at radius 3 is 2.33 bits per heavy atom. The summed E-state index contributed by atoms with van der Waals surface area (Å²) < 4.78 is 3.76. The Labute approximate surface area is 163 Å². The van der Waals surface area contributed by atoms with Crippen LogP contribution in [0.25, 0.3) is 0 Å². The monoisotopic (exact) mass is 390 g/mol. The topological polar surface area (TPSA) is 123 Å². The number of hydrogen-bond donors (Lipinski definition) is 5. The molecule has 7 N–H and O–H groups in total. The summed E-state index contributed by atoms with van der Waals surface area (Å²) in [6.07, 6.45) is 0.995. The highest BCUT2D eigenvalue weighted by molar-refractivity contribution is 7.98. The van der Waals surface area contributed by atoms with Crippen LogP contribution in [0.15, 0.2) is 53.6 Å². The number of rotatable bonds is 10. The van der Waals surface area contributed by atoms with Gasteiger partial charge in [-0.3, -0.25) is 5.21 Å². The van der Waals surface area contributed by atoms with Gasteiger partial charge in [0.05, 0.1) is 31.0 Å². The molecule has 0 bridgehead atoms. The van der Waals surface area contributed by atoms with E-state index in [1.165, 1.54) is 10.7 Å². The fourth-order valence-corrected chi connectivity index (χ4v) is 2.80. The lowest BCUT2D eigenvalue weighted by atomic mass is 10.1. The van der Waals surface area contributed by atoms with Gasteiger partial charge in [-0.05, 0) is 41.8 Å². The average Bonchev–Trinajstić information content (AvgIpc) is 2.68. The minimum Gasteiger partial charge on any atom is -0.395 e. The molecule has 0 aliphatic rings. The second-order valence-corrected chi connectivity index (χ2v) is 6.60. The largest absolute Gasteiger partial charge is 0.395 e. The molecule has 8 nitrogen and oxygen atoms in total. The molecule has 0 heterocycles. The van der Waals surface area contributed by atoms with E-state index in [2.05, 4.69) is 28.9 Å². The second kappa shape index (κ2) is 10.8. The van der Waals surface area contributed by atoms with E-state index in [0.717, 1.165) is 28.6 Å². The molecule has 0 aliphatic heterocycles. The van der Waals surface area contributed by atoms with Crippen LogP contribution in [0.3, 0.4) is 0 Å². The molecule has 0 unspecified atom stereocenters. The number of amidine groups is 1. The zero-order chi connectivity index (χ0) is 19.6. The summed E-state index contributed by atoms with van der Waals surface area (Å²) in [5.41, 5.74) is 9.59. The van der Waals surface area contributed by atoms with Crippen molar-refractivity contribution in [1.29, 1.82) is 0 Å². The van der Waals surface area contributed by atoms with Crippen LogP contribution >= 0.6 is 12.1 Å². The Morgan fingerprint density at radius 2 is 1.74 bits per heavy atom. The zero-order valence-corrected chi connectivity index (χ0v) is 16.1. The fraction of sp³-hybridized carbons (Fsp3) is 0.278. The summed E-state index contributed by atoms with van der Waals surface area (Å²) in [7, 11) is 0. The van der Waals surface area contributed by atoms with Crippen LogP contribution in [0, 0.1) is 0 Å². The molecule has 2 rings (SSSR count). The molecular weight excluding hydrogens is 364 g/mol. The highest BCUT2D eigenvalue weighted by Crippen LogP contribution is 2.18. The van der Waals surface area contributed by atoms with Gasteiger partial charge in [0, 0.05) is 12.1 Å². The van der Waals surface area contributed by atoms with Crippen LogP contribution in [-0.2, 0) is 13.0 Å². The summed E-state index contributed by atoms with van der Waals surface area (Å²) in [5, 5.41) is 24.1. The summed E-state index contributed by atoms with van der Waals surface area (Å²) in [6.45, 7) is 2.92. The maximum Gasteiger partial charge on any atom is 0.152 e. The van der Waals surface area contributed by atoms with Gasteiger partial charge in [-0.1, -0.05) is 31.2 Å². The van der Waals surface area contributed by atoms with Gasteiger partial charge in [0.15, 0.2) is 5.84 Å². The number of nitrogens with zero attached hydrogens (tertiary/aromatic N) is 3. The molecule has 2 aromatic rings. The Kier molecular flexibility index (Phi) is 8.37. The minimum absolute atomic E-state index is 0.00882. The first-order valence-corrected chi connectivity index (χ1v) is 9.35. The molecular formula is C18H26N6O2S. The number of nitrogens with one attached hydrogen (secondary N) is 1. The Bertz CT molecular complexity index is 724. The number of hydrazone groups is 1. The Balaban J connectivity index is 1.95. The molecule has 27 heavy (non-hydrogen) atoms. The van der Waals surface area contributed by atoms with Gasteiger partial charge in [0.1, 0.15) is 0 Å². The molecule has 0 saturated heterocycles. The third-order valence-electron chi connectivity index (χ3n) is 3.76. The van der Waals surface area contributed by atoms with Crippen molar-refractivity contribution in [2.75, 3.05) is 17.6 Å². The molecule has 9 heteroatoms. The number of aliphatic hydroxyl groups is 1. The van der Waals surface area contributed by atoms with E-state index in [1.807, 2.05) is 12.1 Å². The quantitative estimate of drug-likeness (QED) is 0.103. The van der Waals surface area contributed by atoms with E-state index in [1.54, 1.807) is 24.3 Å². The number of aliphatic hydroxyl groups excluding tert-OH is 1. The van der Waals surface area contributed by atoms with Crippen LogP contribution in [0.1, 0.15) is 23.6 Å². The van der Waals surface area contributed by atoms with Crippen molar-refractivity contribution in [3.05, 3.63) is 65.2 Å². The predicted molar refractivity (Wildman–Crippen MR) is 110 cm³/mol. The molecule has 0 radical (unpaired) electrons. The van der Waals surface area contributed by atoms with Crippen molar-refractivity contribution < 1.29 is 10.3 Å². The van der Waals surface area contributed by atoms with Gasteiger partial charge in [-0.2, -0.15) is 4.47 Å². The average molecular weight is 391 g/mol. The van der Waals surface area contributed by atoms with Gasteiger partial charge in [-0.25, -0.2) is 15.7 Å². The van der Waals surface area contributed by atoms with Crippen LogP contribution in [0.2, 0.25) is 0 Å². The number of nitrogens with two attached hydrogens (primary N) is 2. The number of hydrazine groups is 1. The molecule has 2 aromatic carbocycles. The van der Waals surface area contributed by atoms with Crippen LogP contribution in [0.4, 0.5) is 5.69 Å². The molecule has 0 spiro atoms. The van der Waals surface area contributed by atoms with Gasteiger partial charge in [0.25, 0.3) is 0 Å². The number of hydrogen-bond acceptors (Lipinski definition) is 8. The van der Waals surface area contributed by atoms with Crippen molar-refractivity contribution >= 4 is 23.7 Å². The number of anilines is 1. The molecule has 0 fully saturated rings. The second-order valence-electron chi connectivity index (χ2n) is 5.78. The maximum absolute atomic E-state index is 9.89. The lowest BCUT2D eigenvalue weighted by Crippen LogP contribution is -2.29. The van der Waals surface area contributed by atoms with Crippen molar-refractivity contribution in [3.8, 4) is 0 Å². The predicted octanol–water partition coefficient (Wildman–Crippen LogP) is 1.59. The molecule has 0 aromatic heterocycles. The van der Waals surface area contributed by atoms with Gasteiger partial charge in [-0.15, -0.1) is 5.10 Å². The van der Waals surface area contributed by atoms with Crippen LogP contribution in [0.5, 0.6) is 0 Å². The van der Waals surface area contributed by atoms with Crippen molar-refractivity contribution in [2.45, 2.75) is 19.9 Å². The van der Waals surface area contributed by atoms with Crippen molar-refractivity contribution in [1.82, 2.24) is 9.84 Å².